The Morgan fingerprint density at radius 2 is 2.19 bits per heavy atom. The molecular formula is C15H17BrN2O2S. The van der Waals surface area contributed by atoms with Gasteiger partial charge in [0.15, 0.2) is 5.03 Å². The molecule has 4 rings (SSSR count). The molecule has 112 valence electrons. The largest absolute Gasteiger partial charge is 0.258 e. The Labute approximate surface area is 133 Å². The molecule has 6 heteroatoms. The number of sulfonamides is 1. The Bertz CT molecular complexity index is 714. The van der Waals surface area contributed by atoms with Crippen LogP contribution in [-0.2, 0) is 10.0 Å². The zero-order valence-corrected chi connectivity index (χ0v) is 14.0. The second-order valence-corrected chi connectivity index (χ2v) is 9.04. The molecule has 1 aromatic heterocycles. The number of nitrogens with one attached hydrogen (secondary N) is 1. The minimum Gasteiger partial charge on any atom is -0.242 e. The minimum atomic E-state index is -3.55. The third-order valence-corrected chi connectivity index (χ3v) is 7.16. The lowest BCUT2D eigenvalue weighted by Crippen LogP contribution is -2.47. The lowest BCUT2D eigenvalue weighted by molar-refractivity contribution is 0.358. The number of fused-ring (bicyclic) bond motifs is 1. The average Bonchev–Trinajstić information content (AvgIpc) is 2.91. The van der Waals surface area contributed by atoms with Crippen LogP contribution >= 0.6 is 15.9 Å². The van der Waals surface area contributed by atoms with Crippen LogP contribution in [0.1, 0.15) is 32.1 Å². The molecule has 1 aromatic rings. The molecule has 0 aromatic carbocycles. The van der Waals surface area contributed by atoms with Gasteiger partial charge in [0.1, 0.15) is 0 Å². The molecule has 0 radical (unpaired) electrons. The normalized spacial score (nSPS) is 34.0. The molecule has 3 atom stereocenters. The monoisotopic (exact) mass is 368 g/mol. The van der Waals surface area contributed by atoms with Gasteiger partial charge >= 0.3 is 0 Å². The van der Waals surface area contributed by atoms with E-state index in [2.05, 4.69) is 31.7 Å². The zero-order chi connectivity index (χ0) is 14.7. The summed E-state index contributed by atoms with van der Waals surface area (Å²) >= 11 is 3.28. The first-order chi connectivity index (χ1) is 9.97. The Morgan fingerprint density at radius 1 is 1.33 bits per heavy atom. The maximum atomic E-state index is 12.6. The fraction of sp³-hybridized carbons (Fsp3) is 0.533. The van der Waals surface area contributed by atoms with Crippen molar-refractivity contribution in [1.29, 1.82) is 0 Å². The van der Waals surface area contributed by atoms with Crippen molar-refractivity contribution in [3.63, 3.8) is 0 Å². The van der Waals surface area contributed by atoms with Crippen LogP contribution in [0.3, 0.4) is 0 Å². The Kier molecular flexibility index (Phi) is 3.07. The van der Waals surface area contributed by atoms with Crippen molar-refractivity contribution in [2.45, 2.75) is 42.7 Å². The number of allylic oxidation sites excluding steroid dienone is 1. The number of hydrogen-bond acceptors (Lipinski definition) is 3. The van der Waals surface area contributed by atoms with E-state index in [0.29, 0.717) is 11.8 Å². The van der Waals surface area contributed by atoms with Crippen LogP contribution in [0.25, 0.3) is 0 Å². The molecule has 1 heterocycles. The SMILES string of the molecule is O=S(=O)(NC12CC=C3CCC(C1)C3C2)c1ccc(Br)cn1. The zero-order valence-electron chi connectivity index (χ0n) is 11.5. The fourth-order valence-corrected chi connectivity index (χ4v) is 5.92. The summed E-state index contributed by atoms with van der Waals surface area (Å²) in [4.78, 5) is 4.03. The van der Waals surface area contributed by atoms with Gasteiger partial charge in [-0.3, -0.25) is 0 Å². The summed E-state index contributed by atoms with van der Waals surface area (Å²) in [5.74, 6) is 1.28. The van der Waals surface area contributed by atoms with Gasteiger partial charge in [-0.1, -0.05) is 11.6 Å². The number of nitrogens with zero attached hydrogens (tertiary/aromatic N) is 1. The predicted octanol–water partition coefficient (Wildman–Crippen LogP) is 3.01. The number of halogens is 1. The van der Waals surface area contributed by atoms with Crippen molar-refractivity contribution < 1.29 is 8.42 Å². The van der Waals surface area contributed by atoms with Crippen LogP contribution in [0.2, 0.25) is 0 Å². The van der Waals surface area contributed by atoms with Crippen molar-refractivity contribution in [2.24, 2.45) is 11.8 Å². The van der Waals surface area contributed by atoms with E-state index in [9.17, 15) is 8.42 Å². The van der Waals surface area contributed by atoms with E-state index < -0.39 is 10.0 Å². The van der Waals surface area contributed by atoms with Crippen molar-refractivity contribution in [3.8, 4) is 0 Å². The predicted molar refractivity (Wildman–Crippen MR) is 83.1 cm³/mol. The van der Waals surface area contributed by atoms with Crippen molar-refractivity contribution in [3.05, 3.63) is 34.5 Å². The molecule has 2 saturated carbocycles. The first kappa shape index (κ1) is 13.9. The summed E-state index contributed by atoms with van der Waals surface area (Å²) in [7, 11) is -3.55. The third-order valence-electron chi connectivity index (χ3n) is 5.19. The lowest BCUT2D eigenvalue weighted by Gasteiger charge is -2.33. The van der Waals surface area contributed by atoms with E-state index in [1.54, 1.807) is 17.7 Å². The van der Waals surface area contributed by atoms with Crippen LogP contribution in [0, 0.1) is 11.8 Å². The highest BCUT2D eigenvalue weighted by molar-refractivity contribution is 9.10. The van der Waals surface area contributed by atoms with Gasteiger partial charge in [-0.15, -0.1) is 0 Å². The molecule has 21 heavy (non-hydrogen) atoms. The summed E-state index contributed by atoms with van der Waals surface area (Å²) in [5.41, 5.74) is 1.28. The average molecular weight is 369 g/mol. The lowest BCUT2D eigenvalue weighted by atomic mass is 9.84. The van der Waals surface area contributed by atoms with E-state index >= 15 is 0 Å². The summed E-state index contributed by atoms with van der Waals surface area (Å²) in [6.07, 6.45) is 8.98. The standard InChI is InChI=1S/C15H17BrN2O2S/c16-12-3-4-14(17-9-12)21(19,20)18-15-6-5-10-1-2-11(7-15)13(10)8-15/h3-5,9,11,13,18H,1-2,6-8H2. The molecule has 0 aliphatic heterocycles. The van der Waals surface area contributed by atoms with Gasteiger partial charge in [0, 0.05) is 16.2 Å². The van der Waals surface area contributed by atoms with E-state index in [-0.39, 0.29) is 10.6 Å². The Balaban J connectivity index is 1.63. The number of pyridine rings is 1. The quantitative estimate of drug-likeness (QED) is 0.834. The van der Waals surface area contributed by atoms with E-state index in [1.165, 1.54) is 19.0 Å². The van der Waals surface area contributed by atoms with E-state index in [0.717, 1.165) is 23.7 Å². The molecule has 1 N–H and O–H groups in total. The number of aromatic nitrogens is 1. The van der Waals surface area contributed by atoms with Crippen LogP contribution in [0.15, 0.2) is 39.5 Å². The minimum absolute atomic E-state index is 0.104. The van der Waals surface area contributed by atoms with Gasteiger partial charge in [0.2, 0.25) is 0 Å². The summed E-state index contributed by atoms with van der Waals surface area (Å²) in [6, 6.07) is 3.25. The second-order valence-electron chi connectivity index (χ2n) is 6.50. The topological polar surface area (TPSA) is 59.1 Å². The molecule has 4 nitrogen and oxygen atoms in total. The summed E-state index contributed by atoms with van der Waals surface area (Å²) in [5, 5.41) is 0.104. The van der Waals surface area contributed by atoms with Crippen LogP contribution in [0.5, 0.6) is 0 Å². The first-order valence-electron chi connectivity index (χ1n) is 7.32. The van der Waals surface area contributed by atoms with Gasteiger partial charge < -0.3 is 0 Å². The van der Waals surface area contributed by atoms with Gasteiger partial charge in [-0.25, -0.2) is 18.1 Å². The smallest absolute Gasteiger partial charge is 0.242 e. The van der Waals surface area contributed by atoms with E-state index in [4.69, 9.17) is 0 Å². The molecule has 3 aliphatic rings. The summed E-state index contributed by atoms with van der Waals surface area (Å²) in [6.45, 7) is 0. The number of rotatable bonds is 3. The molecule has 0 spiro atoms. The maximum absolute atomic E-state index is 12.6. The molecule has 3 unspecified atom stereocenters. The maximum Gasteiger partial charge on any atom is 0.258 e. The van der Waals surface area contributed by atoms with Crippen LogP contribution in [-0.4, -0.2) is 18.9 Å². The van der Waals surface area contributed by atoms with Crippen LogP contribution in [0.4, 0.5) is 0 Å². The highest BCUT2D eigenvalue weighted by Gasteiger charge is 2.52. The molecule has 2 fully saturated rings. The Hall–Kier alpha value is -0.720. The van der Waals surface area contributed by atoms with Crippen molar-refractivity contribution in [2.75, 3.05) is 0 Å². The second kappa shape index (κ2) is 4.64. The van der Waals surface area contributed by atoms with Crippen molar-refractivity contribution in [1.82, 2.24) is 9.71 Å². The highest BCUT2D eigenvalue weighted by atomic mass is 79.9. The highest BCUT2D eigenvalue weighted by Crippen LogP contribution is 2.56. The van der Waals surface area contributed by atoms with Gasteiger partial charge in [0.25, 0.3) is 10.0 Å². The Morgan fingerprint density at radius 3 is 2.95 bits per heavy atom. The molecular weight excluding hydrogens is 352 g/mol. The van der Waals surface area contributed by atoms with Crippen molar-refractivity contribution >= 4 is 26.0 Å². The molecule has 0 amide bonds. The van der Waals surface area contributed by atoms with E-state index in [1.807, 2.05) is 0 Å². The van der Waals surface area contributed by atoms with Gasteiger partial charge in [-0.2, -0.15) is 0 Å². The molecule has 0 saturated heterocycles. The first-order valence-corrected chi connectivity index (χ1v) is 9.60. The van der Waals surface area contributed by atoms with Gasteiger partial charge in [-0.05, 0) is 72.0 Å². The fourth-order valence-electron chi connectivity index (χ4n) is 4.32. The molecule has 3 aliphatic carbocycles. The summed E-state index contributed by atoms with van der Waals surface area (Å²) < 4.78 is 28.9. The van der Waals surface area contributed by atoms with Crippen LogP contribution < -0.4 is 4.72 Å². The molecule has 2 bridgehead atoms. The number of hydrogen-bond donors (Lipinski definition) is 1. The third kappa shape index (κ3) is 2.28. The van der Waals surface area contributed by atoms with Gasteiger partial charge in [0.05, 0.1) is 0 Å².